The van der Waals surface area contributed by atoms with Crippen LogP contribution in [-0.2, 0) is 12.8 Å². The fraction of sp³-hybridized carbons (Fsp3) is 0.190. The lowest BCUT2D eigenvalue weighted by Gasteiger charge is -2.17. The van der Waals surface area contributed by atoms with Gasteiger partial charge in [-0.1, -0.05) is 30.3 Å². The van der Waals surface area contributed by atoms with Crippen LogP contribution in [-0.4, -0.2) is 15.6 Å². The number of aromatic nitrogens is 1. The van der Waals surface area contributed by atoms with E-state index in [4.69, 9.17) is 0 Å². The molecule has 0 saturated heterocycles. The molecule has 0 saturated carbocycles. The van der Waals surface area contributed by atoms with E-state index in [1.165, 1.54) is 11.6 Å². The van der Waals surface area contributed by atoms with Crippen molar-refractivity contribution < 1.29 is 14.3 Å². The predicted molar refractivity (Wildman–Crippen MR) is 113 cm³/mol. The summed E-state index contributed by atoms with van der Waals surface area (Å²) in [6.07, 6.45) is 3.96. The molecule has 0 radical (unpaired) electrons. The van der Waals surface area contributed by atoms with Crippen LogP contribution in [0.1, 0.15) is 39.5 Å². The van der Waals surface area contributed by atoms with E-state index in [-0.39, 0.29) is 17.3 Å². The first kappa shape index (κ1) is 18.3. The highest BCUT2D eigenvalue weighted by Crippen LogP contribution is 2.40. The Hall–Kier alpha value is -2.02. The minimum atomic E-state index is -0.958. The fourth-order valence-corrected chi connectivity index (χ4v) is 4.59. The molecule has 1 aliphatic rings. The topological polar surface area (TPSA) is 42.2 Å². The number of carboxylic acids is 1. The van der Waals surface area contributed by atoms with E-state index < -0.39 is 5.97 Å². The number of hydrogen-bond donors (Lipinski definition) is 1. The van der Waals surface area contributed by atoms with Crippen LogP contribution in [0, 0.1) is 5.82 Å². The van der Waals surface area contributed by atoms with Crippen LogP contribution in [0.15, 0.2) is 48.7 Å². The van der Waals surface area contributed by atoms with Crippen molar-refractivity contribution in [1.82, 2.24) is 4.57 Å². The molecule has 0 aliphatic heterocycles. The molecule has 0 bridgehead atoms. The largest absolute Gasteiger partial charge is 0.478 e. The molecule has 3 atom stereocenters. The molecule has 3 aromatic rings. The van der Waals surface area contributed by atoms with Gasteiger partial charge in [-0.25, -0.2) is 9.18 Å². The van der Waals surface area contributed by atoms with Crippen molar-refractivity contribution in [2.75, 3.05) is 0 Å². The van der Waals surface area contributed by atoms with Gasteiger partial charge in [-0.2, -0.15) is 0 Å². The Morgan fingerprint density at radius 1 is 1.19 bits per heavy atom. The van der Waals surface area contributed by atoms with Crippen molar-refractivity contribution in [2.24, 2.45) is 0 Å². The number of hydrogen-bond acceptors (Lipinski definition) is 1. The first-order valence-corrected chi connectivity index (χ1v) is 9.96. The maximum Gasteiger partial charge on any atom is 0.337 e. The molecule has 3 nitrogen and oxygen atoms in total. The van der Waals surface area contributed by atoms with Gasteiger partial charge in [0.15, 0.2) is 0 Å². The number of carbonyl (C=O) groups is 1. The summed E-state index contributed by atoms with van der Waals surface area (Å²) in [6, 6.07) is 13.2. The van der Waals surface area contributed by atoms with Gasteiger partial charge in [-0.15, -0.1) is 18.5 Å². The van der Waals surface area contributed by atoms with Crippen molar-refractivity contribution in [3.63, 3.8) is 0 Å². The molecule has 4 rings (SSSR count). The summed E-state index contributed by atoms with van der Waals surface area (Å²) in [4.78, 5) is 11.7. The van der Waals surface area contributed by atoms with E-state index in [2.05, 4.69) is 30.6 Å². The maximum atomic E-state index is 14.6. The monoisotopic (exact) mass is 399 g/mol. The third-order valence-corrected chi connectivity index (χ3v) is 5.89. The molecule has 2 aromatic carbocycles. The Morgan fingerprint density at radius 3 is 2.67 bits per heavy atom. The minimum Gasteiger partial charge on any atom is -0.478 e. The summed E-state index contributed by atoms with van der Waals surface area (Å²) in [5.41, 5.74) is 3.64. The lowest BCUT2D eigenvalue weighted by molar-refractivity contribution is 0.0696. The van der Waals surface area contributed by atoms with Gasteiger partial charge in [0, 0.05) is 17.8 Å². The molecule has 6 heteroatoms. The molecule has 0 fully saturated rings. The Kier molecular flexibility index (Phi) is 4.88. The zero-order valence-electron chi connectivity index (χ0n) is 14.7. The van der Waals surface area contributed by atoms with Gasteiger partial charge < -0.3 is 9.67 Å². The van der Waals surface area contributed by atoms with E-state index in [0.717, 1.165) is 34.7 Å². The SMILES string of the molecule is O=C(O)c1cn(-c2ccc(P)cc2F)c2c1CCC2Cc1cccc(P)c1. The molecule has 138 valence electrons. The molecular formula is C21H20FNO2P2. The molecule has 27 heavy (non-hydrogen) atoms. The highest BCUT2D eigenvalue weighted by molar-refractivity contribution is 7.27. The summed E-state index contributed by atoms with van der Waals surface area (Å²) in [7, 11) is 5.18. The number of fused-ring (bicyclic) bond motifs is 1. The van der Waals surface area contributed by atoms with Crippen molar-refractivity contribution in [2.45, 2.75) is 25.2 Å². The van der Waals surface area contributed by atoms with Crippen molar-refractivity contribution >= 4 is 35.1 Å². The lowest BCUT2D eigenvalue weighted by Crippen LogP contribution is -2.09. The summed E-state index contributed by atoms with van der Waals surface area (Å²) < 4.78 is 16.4. The van der Waals surface area contributed by atoms with E-state index in [9.17, 15) is 14.3 Å². The van der Waals surface area contributed by atoms with Gasteiger partial charge in [-0.05, 0) is 53.1 Å². The van der Waals surface area contributed by atoms with Crippen LogP contribution in [0.25, 0.3) is 5.69 Å². The van der Waals surface area contributed by atoms with Crippen LogP contribution in [0.5, 0.6) is 0 Å². The molecule has 1 N–H and O–H groups in total. The first-order chi connectivity index (χ1) is 12.9. The van der Waals surface area contributed by atoms with Crippen LogP contribution in [0.3, 0.4) is 0 Å². The molecule has 1 aliphatic carbocycles. The Balaban J connectivity index is 1.82. The van der Waals surface area contributed by atoms with Gasteiger partial charge in [0.05, 0.1) is 11.3 Å². The second-order valence-electron chi connectivity index (χ2n) is 6.98. The van der Waals surface area contributed by atoms with Crippen LogP contribution in [0.4, 0.5) is 4.39 Å². The third kappa shape index (κ3) is 3.45. The predicted octanol–water partition coefficient (Wildman–Crippen LogP) is 3.59. The number of nitrogens with zero attached hydrogens (tertiary/aromatic N) is 1. The first-order valence-electron chi connectivity index (χ1n) is 8.81. The highest BCUT2D eigenvalue weighted by Gasteiger charge is 2.32. The average Bonchev–Trinajstić information content (AvgIpc) is 3.16. The van der Waals surface area contributed by atoms with Crippen molar-refractivity contribution in [3.8, 4) is 5.69 Å². The molecule has 0 spiro atoms. The summed E-state index contributed by atoms with van der Waals surface area (Å²) in [6.45, 7) is 0. The van der Waals surface area contributed by atoms with Crippen molar-refractivity contribution in [3.05, 3.63) is 76.9 Å². The van der Waals surface area contributed by atoms with Gasteiger partial charge in [0.1, 0.15) is 5.82 Å². The average molecular weight is 399 g/mol. The summed E-state index contributed by atoms with van der Waals surface area (Å²) >= 11 is 0. The minimum absolute atomic E-state index is 0.162. The smallest absolute Gasteiger partial charge is 0.337 e. The van der Waals surface area contributed by atoms with Gasteiger partial charge in [-0.3, -0.25) is 0 Å². The second-order valence-corrected chi connectivity index (χ2v) is 8.31. The molecule has 3 unspecified atom stereocenters. The number of carboxylic acid groups (broad SMARTS) is 1. The normalized spacial score (nSPS) is 15.7. The third-order valence-electron chi connectivity index (χ3n) is 5.18. The van der Waals surface area contributed by atoms with E-state index >= 15 is 0 Å². The number of aromatic carboxylic acids is 1. The fourth-order valence-electron chi connectivity index (χ4n) is 4.03. The lowest BCUT2D eigenvalue weighted by atomic mass is 9.97. The zero-order valence-corrected chi connectivity index (χ0v) is 17.0. The number of halogens is 1. The molecule has 1 heterocycles. The van der Waals surface area contributed by atoms with Gasteiger partial charge >= 0.3 is 5.97 Å². The molecule has 0 amide bonds. The van der Waals surface area contributed by atoms with E-state index in [1.807, 2.05) is 18.2 Å². The number of rotatable bonds is 4. The van der Waals surface area contributed by atoms with Crippen molar-refractivity contribution in [1.29, 1.82) is 0 Å². The number of benzene rings is 2. The second kappa shape index (κ2) is 7.19. The van der Waals surface area contributed by atoms with E-state index in [0.29, 0.717) is 12.1 Å². The zero-order chi connectivity index (χ0) is 19.1. The van der Waals surface area contributed by atoms with Crippen LogP contribution >= 0.6 is 18.5 Å². The Bertz CT molecular complexity index is 1040. The molecular weight excluding hydrogens is 379 g/mol. The standard InChI is InChI=1S/C21H20FNO2P2/c22-18-10-15(27)5-7-19(18)23-11-17(21(24)25)16-6-4-13(20(16)23)8-12-2-1-3-14(26)9-12/h1-3,5,7,9-11,13H,4,6,8,26-27H2,(H,24,25). The quantitative estimate of drug-likeness (QED) is 0.682. The van der Waals surface area contributed by atoms with E-state index in [1.54, 1.807) is 16.8 Å². The van der Waals surface area contributed by atoms with Gasteiger partial charge in [0.2, 0.25) is 0 Å². The summed E-state index contributed by atoms with van der Waals surface area (Å²) in [5, 5.41) is 11.5. The van der Waals surface area contributed by atoms with Crippen LogP contribution < -0.4 is 10.6 Å². The Morgan fingerprint density at radius 2 is 1.96 bits per heavy atom. The molecule has 1 aromatic heterocycles. The highest BCUT2D eigenvalue weighted by atomic mass is 31.0. The summed E-state index contributed by atoms with van der Waals surface area (Å²) in [5.74, 6) is -1.15. The van der Waals surface area contributed by atoms with Gasteiger partial charge in [0.25, 0.3) is 0 Å². The Labute approximate surface area is 162 Å². The maximum absolute atomic E-state index is 14.6. The van der Waals surface area contributed by atoms with Crippen LogP contribution in [0.2, 0.25) is 0 Å².